The normalized spacial score (nSPS) is 13.1. The van der Waals surface area contributed by atoms with E-state index in [1.165, 1.54) is 11.5 Å². The summed E-state index contributed by atoms with van der Waals surface area (Å²) in [5.41, 5.74) is 5.29. The molecule has 0 aromatic carbocycles. The summed E-state index contributed by atoms with van der Waals surface area (Å²) in [6.07, 6.45) is 2.37. The zero-order chi connectivity index (χ0) is 11.3. The van der Waals surface area contributed by atoms with E-state index in [9.17, 15) is 0 Å². The largest absolute Gasteiger partial charge is 0.409 e. The van der Waals surface area contributed by atoms with E-state index in [2.05, 4.69) is 14.5 Å². The van der Waals surface area contributed by atoms with E-state index in [-0.39, 0.29) is 11.3 Å². The molecule has 0 bridgehead atoms. The van der Waals surface area contributed by atoms with Gasteiger partial charge in [-0.2, -0.15) is 4.37 Å². The molecule has 0 aliphatic heterocycles. The number of rotatable bonds is 5. The number of thioether (sulfide) groups is 1. The lowest BCUT2D eigenvalue weighted by Crippen LogP contribution is -2.32. The molecular weight excluding hydrogens is 232 g/mol. The van der Waals surface area contributed by atoms with Crippen LogP contribution in [0.1, 0.15) is 20.3 Å². The Hall–Kier alpha value is -0.820. The Morgan fingerprint density at radius 3 is 3.00 bits per heavy atom. The highest BCUT2D eigenvalue weighted by Gasteiger charge is 2.23. The number of hydrogen-bond donors (Lipinski definition) is 2. The highest BCUT2D eigenvalue weighted by atomic mass is 32.2. The van der Waals surface area contributed by atoms with E-state index in [4.69, 9.17) is 10.9 Å². The SMILES string of the molecule is CC(C)(CCSc1ncns1)C(N)=NO. The lowest BCUT2D eigenvalue weighted by molar-refractivity contribution is 0.307. The van der Waals surface area contributed by atoms with E-state index >= 15 is 0 Å². The van der Waals surface area contributed by atoms with Crippen LogP contribution >= 0.6 is 23.3 Å². The van der Waals surface area contributed by atoms with Crippen molar-refractivity contribution in [3.05, 3.63) is 6.33 Å². The van der Waals surface area contributed by atoms with Gasteiger partial charge in [0.25, 0.3) is 0 Å². The van der Waals surface area contributed by atoms with Gasteiger partial charge in [0.15, 0.2) is 4.34 Å². The number of amidine groups is 1. The fourth-order valence-corrected chi connectivity index (χ4v) is 2.66. The van der Waals surface area contributed by atoms with Crippen molar-refractivity contribution >= 4 is 29.1 Å². The van der Waals surface area contributed by atoms with Crippen LogP contribution in [0.3, 0.4) is 0 Å². The van der Waals surface area contributed by atoms with Crippen LogP contribution in [0.5, 0.6) is 0 Å². The predicted octanol–water partition coefficient (Wildman–Crippen LogP) is 1.79. The van der Waals surface area contributed by atoms with Crippen molar-refractivity contribution in [1.29, 1.82) is 0 Å². The Labute approximate surface area is 96.9 Å². The molecule has 0 aliphatic carbocycles. The summed E-state index contributed by atoms with van der Waals surface area (Å²) >= 11 is 3.01. The maximum atomic E-state index is 8.59. The van der Waals surface area contributed by atoms with Crippen LogP contribution in [-0.2, 0) is 0 Å². The lowest BCUT2D eigenvalue weighted by atomic mass is 9.89. The second-order valence-corrected chi connectivity index (χ2v) is 5.80. The molecule has 0 spiro atoms. The molecule has 0 unspecified atom stereocenters. The molecule has 84 valence electrons. The maximum Gasteiger partial charge on any atom is 0.169 e. The van der Waals surface area contributed by atoms with Crippen molar-refractivity contribution in [1.82, 2.24) is 9.36 Å². The molecule has 3 N–H and O–H groups in total. The highest BCUT2D eigenvalue weighted by molar-refractivity contribution is 8.00. The van der Waals surface area contributed by atoms with E-state index in [0.717, 1.165) is 16.5 Å². The number of oxime groups is 1. The molecule has 1 rings (SSSR count). The molecule has 1 aromatic rings. The van der Waals surface area contributed by atoms with E-state index in [0.29, 0.717) is 0 Å². The van der Waals surface area contributed by atoms with Gasteiger partial charge in [0.1, 0.15) is 12.2 Å². The standard InChI is InChI=1S/C8H14N4OS2/c1-8(2,6(9)12-13)3-4-14-7-10-5-11-15-7/h5,13H,3-4H2,1-2H3,(H2,9,12). The highest BCUT2D eigenvalue weighted by Crippen LogP contribution is 2.26. The summed E-state index contributed by atoms with van der Waals surface area (Å²) in [4.78, 5) is 4.06. The molecule has 0 fully saturated rings. The van der Waals surface area contributed by atoms with Crippen LogP contribution in [0.2, 0.25) is 0 Å². The summed E-state index contributed by atoms with van der Waals surface area (Å²) in [5.74, 6) is 1.14. The van der Waals surface area contributed by atoms with Gasteiger partial charge in [-0.1, -0.05) is 30.8 Å². The first-order valence-electron chi connectivity index (χ1n) is 4.44. The van der Waals surface area contributed by atoms with Gasteiger partial charge in [0.05, 0.1) is 0 Å². The molecule has 5 nitrogen and oxygen atoms in total. The molecule has 15 heavy (non-hydrogen) atoms. The Kier molecular flexibility index (Phi) is 4.34. The minimum Gasteiger partial charge on any atom is -0.409 e. The van der Waals surface area contributed by atoms with Crippen molar-refractivity contribution in [2.45, 2.75) is 24.6 Å². The average molecular weight is 246 g/mol. The van der Waals surface area contributed by atoms with Crippen molar-refractivity contribution in [2.24, 2.45) is 16.3 Å². The van der Waals surface area contributed by atoms with Gasteiger partial charge in [-0.05, 0) is 18.0 Å². The van der Waals surface area contributed by atoms with E-state index < -0.39 is 0 Å². The van der Waals surface area contributed by atoms with Crippen LogP contribution in [-0.4, -0.2) is 26.2 Å². The van der Waals surface area contributed by atoms with E-state index in [1.54, 1.807) is 18.1 Å². The Morgan fingerprint density at radius 2 is 2.47 bits per heavy atom. The maximum absolute atomic E-state index is 8.59. The molecule has 0 atom stereocenters. The monoisotopic (exact) mass is 246 g/mol. The van der Waals surface area contributed by atoms with Crippen molar-refractivity contribution in [3.8, 4) is 0 Å². The molecule has 0 radical (unpaired) electrons. The number of hydrogen-bond acceptors (Lipinski definition) is 6. The molecule has 0 saturated heterocycles. The smallest absolute Gasteiger partial charge is 0.169 e. The third-order valence-corrected chi connectivity index (χ3v) is 3.89. The number of nitrogens with two attached hydrogens (primary N) is 1. The van der Waals surface area contributed by atoms with Crippen molar-refractivity contribution in [3.63, 3.8) is 0 Å². The molecule has 0 aliphatic rings. The topological polar surface area (TPSA) is 84.4 Å². The zero-order valence-electron chi connectivity index (χ0n) is 8.67. The molecule has 0 saturated carbocycles. The summed E-state index contributed by atoms with van der Waals surface area (Å²) in [5, 5.41) is 11.6. The van der Waals surface area contributed by atoms with Crippen LogP contribution in [0, 0.1) is 5.41 Å². The molecule has 1 heterocycles. The molecular formula is C8H14N4OS2. The second-order valence-electron chi connectivity index (χ2n) is 3.67. The fourth-order valence-electron chi connectivity index (χ4n) is 0.883. The van der Waals surface area contributed by atoms with Crippen LogP contribution in [0.25, 0.3) is 0 Å². The lowest BCUT2D eigenvalue weighted by Gasteiger charge is -2.21. The molecule has 7 heteroatoms. The third kappa shape index (κ3) is 3.67. The summed E-state index contributed by atoms with van der Waals surface area (Å²) in [6, 6.07) is 0. The first kappa shape index (κ1) is 12.3. The Balaban J connectivity index is 2.37. The van der Waals surface area contributed by atoms with Gasteiger partial charge in [-0.25, -0.2) is 4.98 Å². The zero-order valence-corrected chi connectivity index (χ0v) is 10.3. The van der Waals surface area contributed by atoms with Crippen LogP contribution < -0.4 is 5.73 Å². The number of aromatic nitrogens is 2. The van der Waals surface area contributed by atoms with Crippen molar-refractivity contribution in [2.75, 3.05) is 5.75 Å². The van der Waals surface area contributed by atoms with Gasteiger partial charge in [-0.3, -0.25) is 0 Å². The minimum atomic E-state index is -0.285. The van der Waals surface area contributed by atoms with Crippen LogP contribution in [0.15, 0.2) is 15.8 Å². The van der Waals surface area contributed by atoms with Gasteiger partial charge >= 0.3 is 0 Å². The molecule has 0 amide bonds. The first-order valence-corrected chi connectivity index (χ1v) is 6.19. The predicted molar refractivity (Wildman–Crippen MR) is 62.4 cm³/mol. The minimum absolute atomic E-state index is 0.264. The Morgan fingerprint density at radius 1 is 1.73 bits per heavy atom. The molecule has 1 aromatic heterocycles. The Bertz CT molecular complexity index is 323. The van der Waals surface area contributed by atoms with Crippen LogP contribution in [0.4, 0.5) is 0 Å². The van der Waals surface area contributed by atoms with Crippen molar-refractivity contribution < 1.29 is 5.21 Å². The van der Waals surface area contributed by atoms with Gasteiger partial charge in [-0.15, -0.1) is 0 Å². The van der Waals surface area contributed by atoms with Gasteiger partial charge in [0, 0.05) is 11.2 Å². The number of nitrogens with zero attached hydrogens (tertiary/aromatic N) is 3. The summed E-state index contributed by atoms with van der Waals surface area (Å²) in [6.45, 7) is 3.89. The third-order valence-electron chi connectivity index (χ3n) is 2.09. The second kappa shape index (κ2) is 5.32. The fraction of sp³-hybridized carbons (Fsp3) is 0.625. The first-order chi connectivity index (χ1) is 7.06. The summed E-state index contributed by atoms with van der Waals surface area (Å²) < 4.78 is 4.86. The van der Waals surface area contributed by atoms with E-state index in [1.807, 2.05) is 13.8 Å². The quantitative estimate of drug-likeness (QED) is 0.272. The average Bonchev–Trinajstić information content (AvgIpc) is 2.69. The summed E-state index contributed by atoms with van der Waals surface area (Å²) in [7, 11) is 0. The van der Waals surface area contributed by atoms with Gasteiger partial charge < -0.3 is 10.9 Å². The van der Waals surface area contributed by atoms with Gasteiger partial charge in [0.2, 0.25) is 0 Å².